The van der Waals surface area contributed by atoms with E-state index in [-0.39, 0.29) is 6.42 Å². The highest BCUT2D eigenvalue weighted by Gasteiger charge is 2.51. The van der Waals surface area contributed by atoms with E-state index in [1.165, 1.54) is 83.1 Å². The minimum Gasteiger partial charge on any atom is -0.393 e. The van der Waals surface area contributed by atoms with Crippen molar-refractivity contribution in [2.75, 3.05) is 6.61 Å². The Morgan fingerprint density at radius 1 is 0.610 bits per heavy atom. The Bertz CT molecular complexity index is 1200. The Kier molecular flexibility index (Phi) is 32.6. The van der Waals surface area contributed by atoms with Crippen molar-refractivity contribution in [3.8, 4) is 0 Å². The number of phosphoric acid groups is 1. The lowest BCUT2D eigenvalue weighted by Gasteiger charge is -2.41. The van der Waals surface area contributed by atoms with Gasteiger partial charge in [-0.1, -0.05) is 152 Å². The van der Waals surface area contributed by atoms with Gasteiger partial charge in [0, 0.05) is 0 Å². The van der Waals surface area contributed by atoms with E-state index >= 15 is 0 Å². The van der Waals surface area contributed by atoms with Gasteiger partial charge in [0.2, 0.25) is 5.91 Å². The maximum atomic E-state index is 13.0. The lowest BCUT2D eigenvalue weighted by atomic mass is 9.85. The molecule has 8 atom stereocenters. The number of aliphatic hydroxyl groups excluding tert-OH is 7. The molecule has 59 heavy (non-hydrogen) atoms. The van der Waals surface area contributed by atoms with Crippen LogP contribution in [0.2, 0.25) is 0 Å². The van der Waals surface area contributed by atoms with Crippen LogP contribution in [0.15, 0.2) is 48.6 Å². The molecule has 344 valence electrons. The molecule has 0 heterocycles. The van der Waals surface area contributed by atoms with Gasteiger partial charge in [-0.2, -0.15) is 0 Å². The predicted molar refractivity (Wildman–Crippen MR) is 233 cm³/mol. The summed E-state index contributed by atoms with van der Waals surface area (Å²) in [6.07, 6.45) is 26.3. The molecule has 1 aliphatic carbocycles. The minimum absolute atomic E-state index is 0.259. The van der Waals surface area contributed by atoms with Crippen molar-refractivity contribution in [1.29, 1.82) is 0 Å². The first-order valence-electron chi connectivity index (χ1n) is 22.7. The third-order valence-corrected chi connectivity index (χ3v) is 11.6. The van der Waals surface area contributed by atoms with Gasteiger partial charge in [-0.15, -0.1) is 0 Å². The van der Waals surface area contributed by atoms with Crippen LogP contribution in [0.1, 0.15) is 168 Å². The monoisotopic (exact) mass is 860 g/mol. The molecule has 0 spiro atoms. The fraction of sp³-hybridized carbons (Fsp3) is 0.800. The van der Waals surface area contributed by atoms with Crippen LogP contribution in [0.3, 0.4) is 0 Å². The summed E-state index contributed by atoms with van der Waals surface area (Å²) in [6.45, 7) is 3.66. The molecule has 0 aliphatic heterocycles. The topological polar surface area (TPSA) is 226 Å². The molecule has 1 amide bonds. The first-order chi connectivity index (χ1) is 28.3. The quantitative estimate of drug-likeness (QED) is 0.0133. The largest absolute Gasteiger partial charge is 0.472 e. The van der Waals surface area contributed by atoms with Crippen molar-refractivity contribution >= 4 is 13.7 Å². The fourth-order valence-corrected chi connectivity index (χ4v) is 7.86. The highest BCUT2D eigenvalue weighted by Crippen LogP contribution is 2.47. The zero-order valence-corrected chi connectivity index (χ0v) is 37.0. The number of hydrogen-bond donors (Lipinski definition) is 9. The maximum Gasteiger partial charge on any atom is 0.472 e. The number of carbonyl (C=O) groups is 1. The number of unbranched alkanes of at least 4 members (excludes halogenated alkanes) is 18. The van der Waals surface area contributed by atoms with Gasteiger partial charge in [-0.05, 0) is 57.8 Å². The second-order valence-corrected chi connectivity index (χ2v) is 17.5. The van der Waals surface area contributed by atoms with Crippen LogP contribution in [0.5, 0.6) is 0 Å². The number of aliphatic hydroxyl groups is 7. The number of amides is 1. The Balaban J connectivity index is 2.56. The van der Waals surface area contributed by atoms with Gasteiger partial charge in [0.1, 0.15) is 36.6 Å². The summed E-state index contributed by atoms with van der Waals surface area (Å²) in [5.41, 5.74) is 0. The molecule has 13 nitrogen and oxygen atoms in total. The maximum absolute atomic E-state index is 13.0. The van der Waals surface area contributed by atoms with Crippen LogP contribution in [0.4, 0.5) is 0 Å². The van der Waals surface area contributed by atoms with Gasteiger partial charge in [-0.25, -0.2) is 4.57 Å². The van der Waals surface area contributed by atoms with Crippen molar-refractivity contribution < 1.29 is 59.0 Å². The third kappa shape index (κ3) is 27.0. The summed E-state index contributed by atoms with van der Waals surface area (Å²) in [5.74, 6) is -0.610. The Hall–Kier alpha value is -1.74. The fourth-order valence-electron chi connectivity index (χ4n) is 6.89. The first-order valence-corrected chi connectivity index (χ1v) is 24.2. The van der Waals surface area contributed by atoms with Crippen molar-refractivity contribution in [2.45, 2.75) is 223 Å². The average Bonchev–Trinajstić information content (AvgIpc) is 3.21. The van der Waals surface area contributed by atoms with Gasteiger partial charge < -0.3 is 46.0 Å². The van der Waals surface area contributed by atoms with E-state index < -0.39 is 75.2 Å². The van der Waals surface area contributed by atoms with Gasteiger partial charge in [0.25, 0.3) is 0 Å². The van der Waals surface area contributed by atoms with Gasteiger partial charge in [0.05, 0.1) is 31.3 Å². The zero-order valence-electron chi connectivity index (χ0n) is 36.2. The van der Waals surface area contributed by atoms with E-state index in [4.69, 9.17) is 9.05 Å². The second-order valence-electron chi connectivity index (χ2n) is 16.1. The third-order valence-electron chi connectivity index (χ3n) is 10.7. The van der Waals surface area contributed by atoms with Crippen LogP contribution >= 0.6 is 7.82 Å². The summed E-state index contributed by atoms with van der Waals surface area (Å²) in [4.78, 5) is 23.4. The lowest BCUT2D eigenvalue weighted by Crippen LogP contribution is -2.64. The van der Waals surface area contributed by atoms with Crippen molar-refractivity contribution in [1.82, 2.24) is 5.32 Å². The number of hydrogen-bond acceptors (Lipinski definition) is 11. The minimum atomic E-state index is -5.15. The highest BCUT2D eigenvalue weighted by molar-refractivity contribution is 7.47. The lowest BCUT2D eigenvalue weighted by molar-refractivity contribution is -0.220. The van der Waals surface area contributed by atoms with E-state index in [1.54, 1.807) is 6.08 Å². The molecule has 0 aromatic heterocycles. The highest BCUT2D eigenvalue weighted by atomic mass is 31.2. The molecule has 1 aliphatic rings. The second kappa shape index (κ2) is 34.8. The molecule has 0 saturated heterocycles. The number of carbonyl (C=O) groups excluding carboxylic acids is 1. The molecule has 0 aromatic carbocycles. The average molecular weight is 860 g/mol. The Morgan fingerprint density at radius 3 is 1.63 bits per heavy atom. The van der Waals surface area contributed by atoms with E-state index in [0.29, 0.717) is 12.8 Å². The van der Waals surface area contributed by atoms with E-state index in [1.807, 2.05) is 0 Å². The standard InChI is InChI=1S/C45H82NO12P/c1-3-5-7-9-11-13-15-17-18-19-20-21-22-24-26-28-30-32-36(47)34-39(49)46-37(38(48)33-31-29-27-25-23-16-14-12-10-8-6-4-2)35-57-59(55,56)58-45-43(53)41(51)40(50)42(52)44(45)54/h11,13,15,17,23,25,31,33,36-38,40-45,47-48,50-54H,3-10,12,14,16,18-22,24,26-30,32,34-35H2,1-2H3,(H,46,49)(H,55,56)/b13-11-,17-15-,25-23+,33-31+. The van der Waals surface area contributed by atoms with Crippen LogP contribution in [0.25, 0.3) is 0 Å². The number of nitrogens with one attached hydrogen (secondary N) is 1. The molecule has 1 saturated carbocycles. The smallest absolute Gasteiger partial charge is 0.393 e. The zero-order chi connectivity index (χ0) is 43.7. The Morgan fingerprint density at radius 2 is 1.05 bits per heavy atom. The molecule has 8 unspecified atom stereocenters. The van der Waals surface area contributed by atoms with Crippen LogP contribution in [-0.2, 0) is 18.4 Å². The SMILES string of the molecule is CCCCC/C=C\C=C/CCCCCCCCCCC(O)CC(=O)NC(COP(=O)(O)OC1C(O)C(O)C(O)C(O)C1O)C(O)/C=C/CC/C=C/CCCCCCCC. The predicted octanol–water partition coefficient (Wildman–Crippen LogP) is 7.14. The number of phosphoric ester groups is 1. The molecule has 1 fully saturated rings. The summed E-state index contributed by atoms with van der Waals surface area (Å²) < 4.78 is 22.8. The molecular weight excluding hydrogens is 777 g/mol. The van der Waals surface area contributed by atoms with Gasteiger partial charge in [-0.3, -0.25) is 13.8 Å². The van der Waals surface area contributed by atoms with Crippen molar-refractivity contribution in [2.24, 2.45) is 0 Å². The molecule has 1 rings (SSSR count). The molecular formula is C45H82NO12P. The summed E-state index contributed by atoms with van der Waals surface area (Å²) in [6, 6.07) is -1.26. The molecule has 0 bridgehead atoms. The molecule has 0 radical (unpaired) electrons. The van der Waals surface area contributed by atoms with Gasteiger partial charge in [0.15, 0.2) is 0 Å². The summed E-state index contributed by atoms with van der Waals surface area (Å²) in [5, 5.41) is 74.3. The number of rotatable bonds is 36. The normalized spacial score (nSPS) is 24.0. The van der Waals surface area contributed by atoms with Crippen LogP contribution in [0, 0.1) is 0 Å². The first kappa shape index (κ1) is 55.3. The molecule has 9 N–H and O–H groups in total. The summed E-state index contributed by atoms with van der Waals surface area (Å²) >= 11 is 0. The van der Waals surface area contributed by atoms with E-state index in [2.05, 4.69) is 55.6 Å². The van der Waals surface area contributed by atoms with Crippen LogP contribution in [-0.4, -0.2) is 108 Å². The Labute approximate surface area is 355 Å². The van der Waals surface area contributed by atoms with Crippen molar-refractivity contribution in [3.63, 3.8) is 0 Å². The molecule has 0 aromatic rings. The van der Waals surface area contributed by atoms with Crippen LogP contribution < -0.4 is 5.32 Å². The van der Waals surface area contributed by atoms with E-state index in [9.17, 15) is 50.0 Å². The summed E-state index contributed by atoms with van der Waals surface area (Å²) in [7, 11) is -5.15. The van der Waals surface area contributed by atoms with Crippen molar-refractivity contribution in [3.05, 3.63) is 48.6 Å². The number of allylic oxidation sites excluding steroid dienone is 7. The van der Waals surface area contributed by atoms with Gasteiger partial charge >= 0.3 is 7.82 Å². The molecule has 14 heteroatoms. The van der Waals surface area contributed by atoms with E-state index in [0.717, 1.165) is 57.8 Å².